The number of aryl methyl sites for hydroxylation is 1. The number of halogens is 1. The number of rotatable bonds is 3. The van der Waals surface area contributed by atoms with Crippen molar-refractivity contribution < 1.29 is 13.2 Å². The monoisotopic (exact) mass is 418 g/mol. The van der Waals surface area contributed by atoms with E-state index in [1.54, 1.807) is 12.1 Å². The van der Waals surface area contributed by atoms with Gasteiger partial charge in [0.15, 0.2) is 0 Å². The van der Waals surface area contributed by atoms with Gasteiger partial charge in [-0.2, -0.15) is 4.31 Å². The smallest absolute Gasteiger partial charge is 0.243 e. The Morgan fingerprint density at radius 1 is 1.00 bits per heavy atom. The second-order valence-corrected chi connectivity index (χ2v) is 9.75. The van der Waals surface area contributed by atoms with Gasteiger partial charge in [-0.25, -0.2) is 8.42 Å². The molecule has 0 radical (unpaired) electrons. The maximum Gasteiger partial charge on any atom is 0.243 e. The Bertz CT molecular complexity index is 975. The molecule has 1 fully saturated rings. The Morgan fingerprint density at radius 2 is 1.75 bits per heavy atom. The Balaban J connectivity index is 1.54. The second kappa shape index (κ2) is 7.85. The first kappa shape index (κ1) is 19.4. The Morgan fingerprint density at radius 3 is 2.54 bits per heavy atom. The molecule has 4 rings (SSSR count). The summed E-state index contributed by atoms with van der Waals surface area (Å²) in [5.41, 5.74) is 2.15. The molecule has 2 heterocycles. The van der Waals surface area contributed by atoms with Gasteiger partial charge in [0.1, 0.15) is 0 Å². The van der Waals surface area contributed by atoms with Crippen LogP contribution in [0.25, 0.3) is 0 Å². The van der Waals surface area contributed by atoms with Crippen molar-refractivity contribution in [1.82, 2.24) is 4.31 Å². The first-order valence-electron chi connectivity index (χ1n) is 9.62. The van der Waals surface area contributed by atoms with Crippen LogP contribution in [0.5, 0.6) is 0 Å². The number of piperidine rings is 1. The molecule has 0 saturated carbocycles. The summed E-state index contributed by atoms with van der Waals surface area (Å²) in [5.74, 6) is -0.287. The van der Waals surface area contributed by atoms with Gasteiger partial charge >= 0.3 is 0 Å². The van der Waals surface area contributed by atoms with E-state index in [1.807, 2.05) is 23.1 Å². The molecule has 0 aromatic heterocycles. The average molecular weight is 419 g/mol. The zero-order chi connectivity index (χ0) is 19.7. The lowest BCUT2D eigenvalue weighted by Crippen LogP contribution is -2.48. The Kier molecular flexibility index (Phi) is 5.45. The van der Waals surface area contributed by atoms with Crippen molar-refractivity contribution in [2.75, 3.05) is 24.5 Å². The molecule has 0 unspecified atom stereocenters. The first-order chi connectivity index (χ1) is 13.5. The topological polar surface area (TPSA) is 57.7 Å². The van der Waals surface area contributed by atoms with Gasteiger partial charge in [-0.15, -0.1) is 0 Å². The molecule has 1 saturated heterocycles. The van der Waals surface area contributed by atoms with Gasteiger partial charge in [-0.3, -0.25) is 4.79 Å². The summed E-state index contributed by atoms with van der Waals surface area (Å²) in [7, 11) is -3.63. The van der Waals surface area contributed by atoms with E-state index >= 15 is 0 Å². The van der Waals surface area contributed by atoms with Crippen LogP contribution >= 0.6 is 11.6 Å². The molecule has 2 aliphatic rings. The molecule has 1 atom stereocenters. The highest BCUT2D eigenvalue weighted by atomic mass is 35.5. The van der Waals surface area contributed by atoms with Crippen LogP contribution in [0.2, 0.25) is 5.02 Å². The predicted octanol–water partition coefficient (Wildman–Crippen LogP) is 3.72. The van der Waals surface area contributed by atoms with Crippen LogP contribution < -0.4 is 4.90 Å². The van der Waals surface area contributed by atoms with Gasteiger partial charge in [0, 0.05) is 30.3 Å². The molecule has 2 aromatic carbocycles. The minimum absolute atomic E-state index is 0.0307. The summed E-state index contributed by atoms with van der Waals surface area (Å²) in [6.07, 6.45) is 3.30. The van der Waals surface area contributed by atoms with Crippen LogP contribution in [0.1, 0.15) is 24.8 Å². The van der Waals surface area contributed by atoms with Crippen LogP contribution in [0.4, 0.5) is 5.69 Å². The second-order valence-electron chi connectivity index (χ2n) is 7.38. The molecule has 2 aliphatic heterocycles. The highest BCUT2D eigenvalue weighted by molar-refractivity contribution is 7.89. The van der Waals surface area contributed by atoms with Gasteiger partial charge in [-0.1, -0.05) is 29.8 Å². The third kappa shape index (κ3) is 3.69. The quantitative estimate of drug-likeness (QED) is 0.763. The SMILES string of the molecule is O=C([C@H]1CCCN(S(=O)(=O)c2ccc(Cl)cc2)C1)N1CCCc2ccccc21. The summed E-state index contributed by atoms with van der Waals surface area (Å²) in [5, 5.41) is 0.495. The van der Waals surface area contributed by atoms with Crippen molar-refractivity contribution in [2.24, 2.45) is 5.92 Å². The summed E-state index contributed by atoms with van der Waals surface area (Å²) in [6.45, 7) is 1.35. The van der Waals surface area contributed by atoms with Gasteiger partial charge in [0.2, 0.25) is 15.9 Å². The highest BCUT2D eigenvalue weighted by Gasteiger charge is 2.36. The Labute approximate surface area is 171 Å². The number of carbonyl (C=O) groups excluding carboxylic acids is 1. The van der Waals surface area contributed by atoms with Crippen molar-refractivity contribution >= 4 is 33.2 Å². The van der Waals surface area contributed by atoms with Gasteiger partial charge < -0.3 is 4.90 Å². The molecule has 2 aromatic rings. The lowest BCUT2D eigenvalue weighted by atomic mass is 9.95. The lowest BCUT2D eigenvalue weighted by molar-refractivity contribution is -0.123. The van der Waals surface area contributed by atoms with E-state index in [0.717, 1.165) is 18.5 Å². The fraction of sp³-hybridized carbons (Fsp3) is 0.381. The minimum Gasteiger partial charge on any atom is -0.312 e. The number of carbonyl (C=O) groups is 1. The number of anilines is 1. The van der Waals surface area contributed by atoms with Crippen LogP contribution in [0.3, 0.4) is 0 Å². The third-order valence-corrected chi connectivity index (χ3v) is 7.69. The van der Waals surface area contributed by atoms with Crippen molar-refractivity contribution in [3.63, 3.8) is 0 Å². The maximum absolute atomic E-state index is 13.3. The lowest BCUT2D eigenvalue weighted by Gasteiger charge is -2.36. The van der Waals surface area contributed by atoms with E-state index in [9.17, 15) is 13.2 Å². The van der Waals surface area contributed by atoms with Crippen molar-refractivity contribution in [1.29, 1.82) is 0 Å². The summed E-state index contributed by atoms with van der Waals surface area (Å²) in [6, 6.07) is 14.2. The Hall–Kier alpha value is -1.89. The van der Waals surface area contributed by atoms with Gasteiger partial charge in [0.05, 0.1) is 10.8 Å². The maximum atomic E-state index is 13.3. The summed E-state index contributed by atoms with van der Waals surface area (Å²) in [4.78, 5) is 15.3. The molecule has 28 heavy (non-hydrogen) atoms. The van der Waals surface area contributed by atoms with E-state index in [-0.39, 0.29) is 23.3 Å². The molecule has 7 heteroatoms. The molecule has 0 bridgehead atoms. The fourth-order valence-electron chi connectivity index (χ4n) is 4.10. The molecular formula is C21H23ClN2O3S. The van der Waals surface area contributed by atoms with Crippen molar-refractivity contribution in [3.8, 4) is 0 Å². The number of fused-ring (bicyclic) bond motifs is 1. The summed E-state index contributed by atoms with van der Waals surface area (Å²) < 4.78 is 27.4. The zero-order valence-corrected chi connectivity index (χ0v) is 17.1. The number of sulfonamides is 1. The standard InChI is InChI=1S/C21H23ClN2O3S/c22-18-9-11-19(12-10-18)28(26,27)23-13-3-7-17(15-23)21(25)24-14-4-6-16-5-1-2-8-20(16)24/h1-2,5,8-12,17H,3-4,6-7,13-15H2/t17-/m0/s1. The average Bonchev–Trinajstić information content (AvgIpc) is 2.73. The molecule has 1 amide bonds. The number of hydrogen-bond donors (Lipinski definition) is 0. The van der Waals surface area contributed by atoms with Crippen molar-refractivity contribution in [3.05, 3.63) is 59.1 Å². The summed E-state index contributed by atoms with van der Waals surface area (Å²) >= 11 is 5.88. The molecule has 0 N–H and O–H groups in total. The van der Waals surface area contributed by atoms with Crippen LogP contribution in [-0.2, 0) is 21.2 Å². The van der Waals surface area contributed by atoms with Crippen molar-refractivity contribution in [2.45, 2.75) is 30.6 Å². The van der Waals surface area contributed by atoms with Crippen LogP contribution in [0, 0.1) is 5.92 Å². The molecule has 148 valence electrons. The number of nitrogens with zero attached hydrogens (tertiary/aromatic N) is 2. The van der Waals surface area contributed by atoms with E-state index in [1.165, 1.54) is 22.0 Å². The number of benzene rings is 2. The van der Waals surface area contributed by atoms with Crippen LogP contribution in [-0.4, -0.2) is 38.3 Å². The van der Waals surface area contributed by atoms with Crippen LogP contribution in [0.15, 0.2) is 53.4 Å². The first-order valence-corrected chi connectivity index (χ1v) is 11.4. The normalized spacial score (nSPS) is 20.6. The number of amides is 1. The molecular weight excluding hydrogens is 396 g/mol. The molecule has 5 nitrogen and oxygen atoms in total. The van der Waals surface area contributed by atoms with E-state index in [0.29, 0.717) is 31.0 Å². The number of para-hydroxylation sites is 1. The largest absolute Gasteiger partial charge is 0.312 e. The van der Waals surface area contributed by atoms with Gasteiger partial charge in [-0.05, 0) is 61.6 Å². The third-order valence-electron chi connectivity index (χ3n) is 5.56. The van der Waals surface area contributed by atoms with E-state index < -0.39 is 10.0 Å². The minimum atomic E-state index is -3.63. The predicted molar refractivity (Wildman–Crippen MR) is 110 cm³/mol. The van der Waals surface area contributed by atoms with Gasteiger partial charge in [0.25, 0.3) is 0 Å². The van der Waals surface area contributed by atoms with E-state index in [4.69, 9.17) is 11.6 Å². The number of hydrogen-bond acceptors (Lipinski definition) is 3. The zero-order valence-electron chi connectivity index (χ0n) is 15.6. The molecule has 0 spiro atoms. The molecule has 0 aliphatic carbocycles. The fourth-order valence-corrected chi connectivity index (χ4v) is 5.75. The highest BCUT2D eigenvalue weighted by Crippen LogP contribution is 2.31. The van der Waals surface area contributed by atoms with E-state index in [2.05, 4.69) is 6.07 Å².